The zero-order chi connectivity index (χ0) is 15.4. The molecule has 1 aliphatic carbocycles. The van der Waals surface area contributed by atoms with E-state index in [4.69, 9.17) is 15.9 Å². The molecule has 0 spiro atoms. The highest BCUT2D eigenvalue weighted by molar-refractivity contribution is 5.97. The third-order valence-electron chi connectivity index (χ3n) is 4.25. The molecule has 1 aliphatic rings. The Morgan fingerprint density at radius 2 is 2.14 bits per heavy atom. The van der Waals surface area contributed by atoms with Crippen molar-refractivity contribution in [3.63, 3.8) is 0 Å². The molecule has 1 aromatic carbocycles. The first-order valence-corrected chi connectivity index (χ1v) is 7.42. The third kappa shape index (κ3) is 3.74. The number of nitrogens with one attached hydrogen (secondary N) is 1. The van der Waals surface area contributed by atoms with Gasteiger partial charge in [0.25, 0.3) is 0 Å². The molecule has 1 fully saturated rings. The summed E-state index contributed by atoms with van der Waals surface area (Å²) >= 11 is 0. The smallest absolute Gasteiger partial charge is 0.129 e. The number of methoxy groups -OCH3 is 1. The van der Waals surface area contributed by atoms with Crippen LogP contribution in [-0.4, -0.2) is 42.1 Å². The molecular weight excluding hydrogens is 266 g/mol. The highest BCUT2D eigenvalue weighted by Crippen LogP contribution is 2.25. The number of hydrogen-bond acceptors (Lipinski definition) is 4. The molecule has 2 rings (SSSR count). The van der Waals surface area contributed by atoms with Crippen LogP contribution < -0.4 is 10.5 Å². The molecule has 5 heteroatoms. The summed E-state index contributed by atoms with van der Waals surface area (Å²) in [6, 6.07) is 5.93. The molecular formula is C16H25N3O2. The van der Waals surface area contributed by atoms with E-state index >= 15 is 0 Å². The molecule has 1 saturated carbocycles. The topological polar surface area (TPSA) is 82.6 Å². The van der Waals surface area contributed by atoms with Crippen LogP contribution in [0.4, 0.5) is 0 Å². The molecule has 21 heavy (non-hydrogen) atoms. The highest BCUT2D eigenvalue weighted by atomic mass is 16.5. The Bertz CT molecular complexity index is 504. The van der Waals surface area contributed by atoms with Gasteiger partial charge in [0.2, 0.25) is 0 Å². The summed E-state index contributed by atoms with van der Waals surface area (Å²) in [4.78, 5) is 2.19. The SMILES string of the molecule is COc1ccc(CN(C)C2CCCCC2O)cc1C(=N)N. The molecule has 4 N–H and O–H groups in total. The van der Waals surface area contributed by atoms with Crippen molar-refractivity contribution in [1.29, 1.82) is 5.41 Å². The van der Waals surface area contributed by atoms with Gasteiger partial charge in [0.1, 0.15) is 11.6 Å². The minimum atomic E-state index is -0.241. The van der Waals surface area contributed by atoms with Crippen molar-refractivity contribution in [3.05, 3.63) is 29.3 Å². The maximum absolute atomic E-state index is 10.1. The van der Waals surface area contributed by atoms with Crippen LogP contribution in [0, 0.1) is 5.41 Å². The molecule has 5 nitrogen and oxygen atoms in total. The standard InChI is InChI=1S/C16H25N3O2/c1-19(13-5-3-4-6-14(13)20)10-11-7-8-15(21-2)12(9-11)16(17)18/h7-9,13-14,20H,3-6,10H2,1-2H3,(H3,17,18). The average Bonchev–Trinajstić information content (AvgIpc) is 2.47. The molecule has 0 amide bonds. The van der Waals surface area contributed by atoms with E-state index in [0.717, 1.165) is 31.4 Å². The second kappa shape index (κ2) is 6.91. The number of nitrogens with two attached hydrogens (primary N) is 1. The monoisotopic (exact) mass is 291 g/mol. The lowest BCUT2D eigenvalue weighted by molar-refractivity contribution is 0.0288. The Labute approximate surface area is 126 Å². The fraction of sp³-hybridized carbons (Fsp3) is 0.562. The summed E-state index contributed by atoms with van der Waals surface area (Å²) in [6.45, 7) is 0.728. The first kappa shape index (κ1) is 15.8. The van der Waals surface area contributed by atoms with Gasteiger partial charge in [0.15, 0.2) is 0 Å². The van der Waals surface area contributed by atoms with Gasteiger partial charge in [-0.15, -0.1) is 0 Å². The van der Waals surface area contributed by atoms with E-state index in [1.54, 1.807) is 7.11 Å². The quantitative estimate of drug-likeness (QED) is 0.570. The number of ether oxygens (including phenoxy) is 1. The fourth-order valence-electron chi connectivity index (χ4n) is 3.08. The molecule has 2 atom stereocenters. The van der Waals surface area contributed by atoms with Crippen LogP contribution in [0.1, 0.15) is 36.8 Å². The number of benzene rings is 1. The predicted molar refractivity (Wildman–Crippen MR) is 83.7 cm³/mol. The average molecular weight is 291 g/mol. The van der Waals surface area contributed by atoms with Gasteiger partial charge in [-0.25, -0.2) is 0 Å². The Morgan fingerprint density at radius 3 is 2.76 bits per heavy atom. The minimum Gasteiger partial charge on any atom is -0.496 e. The lowest BCUT2D eigenvalue weighted by Crippen LogP contribution is -2.42. The van der Waals surface area contributed by atoms with Crippen LogP contribution in [0.15, 0.2) is 18.2 Å². The summed E-state index contributed by atoms with van der Waals surface area (Å²) in [5.74, 6) is 0.626. The number of rotatable bonds is 5. The number of hydrogen-bond donors (Lipinski definition) is 3. The van der Waals surface area contributed by atoms with Crippen LogP contribution >= 0.6 is 0 Å². The van der Waals surface area contributed by atoms with E-state index in [9.17, 15) is 5.11 Å². The van der Waals surface area contributed by atoms with Crippen molar-refractivity contribution in [2.45, 2.75) is 44.4 Å². The second-order valence-corrected chi connectivity index (χ2v) is 5.78. The first-order chi connectivity index (χ1) is 10.0. The zero-order valence-corrected chi connectivity index (χ0v) is 12.8. The Kier molecular flexibility index (Phi) is 5.20. The summed E-state index contributed by atoms with van der Waals surface area (Å²) in [7, 11) is 3.61. The number of nitrogens with zero attached hydrogens (tertiary/aromatic N) is 1. The van der Waals surface area contributed by atoms with Gasteiger partial charge in [-0.05, 0) is 37.6 Å². The minimum absolute atomic E-state index is 0.00838. The van der Waals surface area contributed by atoms with Crippen molar-refractivity contribution < 1.29 is 9.84 Å². The number of aliphatic hydroxyl groups is 1. The Morgan fingerprint density at radius 1 is 1.43 bits per heavy atom. The Hall–Kier alpha value is -1.59. The highest BCUT2D eigenvalue weighted by Gasteiger charge is 2.26. The van der Waals surface area contributed by atoms with Crippen molar-refractivity contribution in [3.8, 4) is 5.75 Å². The van der Waals surface area contributed by atoms with Gasteiger partial charge in [0.05, 0.1) is 18.8 Å². The predicted octanol–water partition coefficient (Wildman–Crippen LogP) is 1.71. The molecule has 0 bridgehead atoms. The zero-order valence-electron chi connectivity index (χ0n) is 12.8. The van der Waals surface area contributed by atoms with E-state index in [2.05, 4.69) is 4.90 Å². The number of nitrogen functional groups attached to an aromatic ring is 1. The maximum Gasteiger partial charge on any atom is 0.129 e. The van der Waals surface area contributed by atoms with Crippen molar-refractivity contribution in [1.82, 2.24) is 4.90 Å². The van der Waals surface area contributed by atoms with Crippen molar-refractivity contribution in [2.75, 3.05) is 14.2 Å². The van der Waals surface area contributed by atoms with E-state index in [0.29, 0.717) is 11.3 Å². The number of aliphatic hydroxyl groups excluding tert-OH is 1. The molecule has 1 aromatic rings. The number of likely N-dealkylation sites (N-methyl/N-ethyl adjacent to an activating group) is 1. The van der Waals surface area contributed by atoms with Crippen LogP contribution in [0.3, 0.4) is 0 Å². The fourth-order valence-corrected chi connectivity index (χ4v) is 3.08. The van der Waals surface area contributed by atoms with Crippen LogP contribution in [-0.2, 0) is 6.54 Å². The molecule has 0 aromatic heterocycles. The number of amidine groups is 1. The molecule has 0 heterocycles. The maximum atomic E-state index is 10.1. The van der Waals surface area contributed by atoms with Gasteiger partial charge in [-0.3, -0.25) is 10.3 Å². The molecule has 2 unspecified atom stereocenters. The van der Waals surface area contributed by atoms with E-state index in [1.807, 2.05) is 25.2 Å². The van der Waals surface area contributed by atoms with Crippen LogP contribution in [0.2, 0.25) is 0 Å². The van der Waals surface area contributed by atoms with Gasteiger partial charge >= 0.3 is 0 Å². The molecule has 116 valence electrons. The summed E-state index contributed by atoms with van der Waals surface area (Å²) < 4.78 is 5.23. The van der Waals surface area contributed by atoms with Gasteiger partial charge in [-0.1, -0.05) is 18.9 Å². The molecule has 0 radical (unpaired) electrons. The van der Waals surface area contributed by atoms with E-state index < -0.39 is 0 Å². The Balaban J connectivity index is 2.11. The normalized spacial score (nSPS) is 22.3. The summed E-state index contributed by atoms with van der Waals surface area (Å²) in [5, 5.41) is 17.8. The lowest BCUT2D eigenvalue weighted by Gasteiger charge is -2.35. The first-order valence-electron chi connectivity index (χ1n) is 7.42. The second-order valence-electron chi connectivity index (χ2n) is 5.78. The van der Waals surface area contributed by atoms with Gasteiger partial charge in [0, 0.05) is 12.6 Å². The molecule has 0 saturated heterocycles. The summed E-state index contributed by atoms with van der Waals surface area (Å²) in [5.41, 5.74) is 7.29. The van der Waals surface area contributed by atoms with Crippen molar-refractivity contribution >= 4 is 5.84 Å². The third-order valence-corrected chi connectivity index (χ3v) is 4.25. The summed E-state index contributed by atoms with van der Waals surface area (Å²) in [6.07, 6.45) is 3.97. The van der Waals surface area contributed by atoms with Crippen LogP contribution in [0.25, 0.3) is 0 Å². The van der Waals surface area contributed by atoms with Crippen molar-refractivity contribution in [2.24, 2.45) is 5.73 Å². The largest absolute Gasteiger partial charge is 0.496 e. The van der Waals surface area contributed by atoms with E-state index in [1.165, 1.54) is 6.42 Å². The van der Waals surface area contributed by atoms with E-state index in [-0.39, 0.29) is 18.0 Å². The van der Waals surface area contributed by atoms with Gasteiger partial charge < -0.3 is 15.6 Å². The van der Waals surface area contributed by atoms with Crippen LogP contribution in [0.5, 0.6) is 5.75 Å². The molecule has 0 aliphatic heterocycles. The lowest BCUT2D eigenvalue weighted by atomic mass is 9.91. The van der Waals surface area contributed by atoms with Gasteiger partial charge in [-0.2, -0.15) is 0 Å².